The smallest absolute Gasteiger partial charge is 0.0836 e. The lowest BCUT2D eigenvalue weighted by atomic mass is 9.97. The fourth-order valence-corrected chi connectivity index (χ4v) is 3.39. The summed E-state index contributed by atoms with van der Waals surface area (Å²) in [4.78, 5) is 0. The van der Waals surface area contributed by atoms with Gasteiger partial charge in [0, 0.05) is 0 Å². The Hall–Kier alpha value is -1.34. The molecule has 0 aliphatic heterocycles. The van der Waals surface area contributed by atoms with Crippen molar-refractivity contribution in [3.05, 3.63) is 60.2 Å². The highest BCUT2D eigenvalue weighted by atomic mass is 16.3. The van der Waals surface area contributed by atoms with Crippen LogP contribution in [0, 0.1) is 0 Å². The van der Waals surface area contributed by atoms with E-state index < -0.39 is 5.60 Å². The second-order valence-corrected chi connectivity index (χ2v) is 7.65. The van der Waals surface area contributed by atoms with Gasteiger partial charge in [0.05, 0.1) is 5.60 Å². The van der Waals surface area contributed by atoms with E-state index in [-0.39, 0.29) is 0 Å². The van der Waals surface area contributed by atoms with Crippen LogP contribution in [0.4, 0.5) is 0 Å². The number of hydrogen-bond donors (Lipinski definition) is 1. The molecule has 0 amide bonds. The minimum Gasteiger partial charge on any atom is -0.386 e. The van der Waals surface area contributed by atoms with Crippen molar-refractivity contribution in [2.75, 3.05) is 0 Å². The van der Waals surface area contributed by atoms with E-state index in [4.69, 9.17) is 0 Å². The lowest BCUT2D eigenvalue weighted by Gasteiger charge is -2.18. The van der Waals surface area contributed by atoms with Crippen molar-refractivity contribution in [2.24, 2.45) is 0 Å². The molecule has 0 spiro atoms. The van der Waals surface area contributed by atoms with Gasteiger partial charge in [-0.05, 0) is 51.5 Å². The lowest BCUT2D eigenvalue weighted by molar-refractivity contribution is 0.114. The molecule has 1 atom stereocenters. The molecule has 140 valence electrons. The van der Waals surface area contributed by atoms with Gasteiger partial charge in [0.15, 0.2) is 0 Å². The summed E-state index contributed by atoms with van der Waals surface area (Å²) >= 11 is 0. The lowest BCUT2D eigenvalue weighted by Crippen LogP contribution is -2.19. The highest BCUT2D eigenvalue weighted by molar-refractivity contribution is 5.14. The average Bonchev–Trinajstić information content (AvgIpc) is 2.57. The summed E-state index contributed by atoms with van der Waals surface area (Å²) < 4.78 is 0. The first-order chi connectivity index (χ1) is 12.0. The molecule has 25 heavy (non-hydrogen) atoms. The molecule has 1 aromatic rings. The van der Waals surface area contributed by atoms with Gasteiger partial charge in [-0.2, -0.15) is 0 Å². The van der Waals surface area contributed by atoms with Crippen LogP contribution >= 0.6 is 0 Å². The van der Waals surface area contributed by atoms with E-state index in [2.05, 4.69) is 43.8 Å². The molecule has 1 heteroatoms. The van der Waals surface area contributed by atoms with Crippen molar-refractivity contribution in [1.29, 1.82) is 0 Å². The molecule has 0 aromatic heterocycles. The Morgan fingerprint density at radius 2 is 1.52 bits per heavy atom. The standard InChI is InChI=1S/C24H38O/c1-4-20-24(3,25)21-22(2)16-12-9-7-5-6-8-10-13-17-23-18-14-11-15-19-23/h4,11,14-15,18-19,21,25H,1,5-10,12-13,16-17,20H2,2-3H3/b22-21+. The fraction of sp³-hybridized carbons (Fsp3) is 0.583. The predicted molar refractivity (Wildman–Crippen MR) is 111 cm³/mol. The van der Waals surface area contributed by atoms with Crippen molar-refractivity contribution in [2.45, 2.75) is 90.1 Å². The minimum absolute atomic E-state index is 0.620. The molecule has 0 saturated carbocycles. The molecule has 0 fully saturated rings. The van der Waals surface area contributed by atoms with Gasteiger partial charge in [0.25, 0.3) is 0 Å². The van der Waals surface area contributed by atoms with E-state index in [9.17, 15) is 5.11 Å². The highest BCUT2D eigenvalue weighted by Crippen LogP contribution is 2.18. The third-order valence-electron chi connectivity index (χ3n) is 4.74. The molecule has 1 unspecified atom stereocenters. The summed E-state index contributed by atoms with van der Waals surface area (Å²) in [6.07, 6.45) is 17.4. The van der Waals surface area contributed by atoms with E-state index >= 15 is 0 Å². The second-order valence-electron chi connectivity index (χ2n) is 7.65. The van der Waals surface area contributed by atoms with Gasteiger partial charge in [0.1, 0.15) is 0 Å². The molecule has 0 aliphatic rings. The second kappa shape index (κ2) is 12.9. The Morgan fingerprint density at radius 1 is 0.960 bits per heavy atom. The molecule has 0 bridgehead atoms. The number of aliphatic hydroxyl groups is 1. The van der Waals surface area contributed by atoms with Crippen molar-refractivity contribution < 1.29 is 5.11 Å². The van der Waals surface area contributed by atoms with Crippen LogP contribution in [0.3, 0.4) is 0 Å². The highest BCUT2D eigenvalue weighted by Gasteiger charge is 2.14. The van der Waals surface area contributed by atoms with E-state index in [1.165, 1.54) is 68.9 Å². The van der Waals surface area contributed by atoms with Crippen LogP contribution in [0.25, 0.3) is 0 Å². The van der Waals surface area contributed by atoms with Crippen LogP contribution in [0.1, 0.15) is 83.6 Å². The Labute approximate surface area is 155 Å². The number of unbranched alkanes of at least 4 members (excludes halogenated alkanes) is 7. The zero-order valence-corrected chi connectivity index (χ0v) is 16.5. The van der Waals surface area contributed by atoms with Crippen LogP contribution in [-0.2, 0) is 6.42 Å². The van der Waals surface area contributed by atoms with Crippen molar-refractivity contribution in [1.82, 2.24) is 0 Å². The normalized spacial score (nSPS) is 14.3. The summed E-state index contributed by atoms with van der Waals surface area (Å²) in [5.74, 6) is 0. The van der Waals surface area contributed by atoms with E-state index in [0.717, 1.165) is 6.42 Å². The number of allylic oxidation sites excluding steroid dienone is 1. The molecule has 1 nitrogen and oxygen atoms in total. The van der Waals surface area contributed by atoms with Crippen LogP contribution < -0.4 is 0 Å². The first kappa shape index (κ1) is 21.7. The molecule has 0 radical (unpaired) electrons. The average molecular weight is 343 g/mol. The Morgan fingerprint density at radius 3 is 2.12 bits per heavy atom. The predicted octanol–water partition coefficient (Wildman–Crippen LogP) is 7.01. The van der Waals surface area contributed by atoms with Gasteiger partial charge < -0.3 is 5.11 Å². The molecular formula is C24H38O. The van der Waals surface area contributed by atoms with Gasteiger partial charge in [-0.25, -0.2) is 0 Å². The molecule has 1 N–H and O–H groups in total. The summed E-state index contributed by atoms with van der Waals surface area (Å²) in [6.45, 7) is 7.69. The maximum absolute atomic E-state index is 10.2. The van der Waals surface area contributed by atoms with Gasteiger partial charge in [-0.1, -0.05) is 86.6 Å². The zero-order valence-electron chi connectivity index (χ0n) is 16.5. The van der Waals surface area contributed by atoms with E-state index in [1.54, 1.807) is 6.08 Å². The monoisotopic (exact) mass is 342 g/mol. The van der Waals surface area contributed by atoms with Crippen molar-refractivity contribution >= 4 is 0 Å². The molecule has 1 rings (SSSR count). The molecule has 0 aliphatic carbocycles. The van der Waals surface area contributed by atoms with Gasteiger partial charge in [-0.15, -0.1) is 6.58 Å². The van der Waals surface area contributed by atoms with Crippen molar-refractivity contribution in [3.8, 4) is 0 Å². The quantitative estimate of drug-likeness (QED) is 0.285. The molecule has 1 aromatic carbocycles. The summed E-state index contributed by atoms with van der Waals surface area (Å²) in [7, 11) is 0. The summed E-state index contributed by atoms with van der Waals surface area (Å²) in [6, 6.07) is 10.8. The Balaban J connectivity index is 1.95. The Kier molecular flexibility index (Phi) is 11.2. The van der Waals surface area contributed by atoms with Gasteiger partial charge in [0.2, 0.25) is 0 Å². The summed E-state index contributed by atoms with van der Waals surface area (Å²) in [5, 5.41) is 10.2. The first-order valence-electron chi connectivity index (χ1n) is 10.1. The van der Waals surface area contributed by atoms with Crippen LogP contribution in [0.5, 0.6) is 0 Å². The van der Waals surface area contributed by atoms with Crippen LogP contribution in [-0.4, -0.2) is 10.7 Å². The maximum atomic E-state index is 10.2. The topological polar surface area (TPSA) is 20.2 Å². The third-order valence-corrected chi connectivity index (χ3v) is 4.74. The zero-order chi connectivity index (χ0) is 18.4. The first-order valence-corrected chi connectivity index (χ1v) is 10.1. The maximum Gasteiger partial charge on any atom is 0.0836 e. The molecular weight excluding hydrogens is 304 g/mol. The number of benzene rings is 1. The largest absolute Gasteiger partial charge is 0.386 e. The molecule has 0 heterocycles. The van der Waals surface area contributed by atoms with E-state index in [1.807, 2.05) is 13.0 Å². The van der Waals surface area contributed by atoms with E-state index in [0.29, 0.717) is 6.42 Å². The van der Waals surface area contributed by atoms with Gasteiger partial charge in [-0.3, -0.25) is 0 Å². The minimum atomic E-state index is -0.731. The number of aryl methyl sites for hydroxylation is 1. The Bertz CT molecular complexity index is 484. The van der Waals surface area contributed by atoms with Gasteiger partial charge >= 0.3 is 0 Å². The summed E-state index contributed by atoms with van der Waals surface area (Å²) in [5.41, 5.74) is 2.04. The number of rotatable bonds is 14. The van der Waals surface area contributed by atoms with Crippen LogP contribution in [0.2, 0.25) is 0 Å². The van der Waals surface area contributed by atoms with Crippen LogP contribution in [0.15, 0.2) is 54.6 Å². The number of hydrogen-bond acceptors (Lipinski definition) is 1. The van der Waals surface area contributed by atoms with Crippen molar-refractivity contribution in [3.63, 3.8) is 0 Å². The SMILES string of the molecule is C=CCC(C)(O)/C=C(\C)CCCCCCCCCCc1ccccc1. The third kappa shape index (κ3) is 11.8. The molecule has 0 saturated heterocycles. The fourth-order valence-electron chi connectivity index (χ4n) is 3.39.